The predicted octanol–water partition coefficient (Wildman–Crippen LogP) is 3.47. The van der Waals surface area contributed by atoms with Crippen molar-refractivity contribution in [1.82, 2.24) is 10.9 Å². The molecule has 0 radical (unpaired) electrons. The van der Waals surface area contributed by atoms with Gasteiger partial charge in [0.05, 0.1) is 0 Å². The van der Waals surface area contributed by atoms with Crippen LogP contribution >= 0.6 is 15.9 Å². The van der Waals surface area contributed by atoms with Crippen LogP contribution in [0.15, 0.2) is 53.5 Å². The molecule has 0 aliphatic heterocycles. The molecular weight excluding hydrogens is 412 g/mol. The first-order valence-electron chi connectivity index (χ1n) is 8.23. The van der Waals surface area contributed by atoms with Crippen molar-refractivity contribution in [2.45, 2.75) is 13.8 Å². The van der Waals surface area contributed by atoms with Crippen molar-refractivity contribution in [1.29, 1.82) is 0 Å². The summed E-state index contributed by atoms with van der Waals surface area (Å²) in [7, 11) is 0. The summed E-state index contributed by atoms with van der Waals surface area (Å²) in [5.74, 6) is 0.379. The van der Waals surface area contributed by atoms with Crippen molar-refractivity contribution in [3.05, 3.63) is 70.2 Å². The molecule has 0 unspecified atom stereocenters. The Hall–Kier alpha value is -2.80. The normalized spacial score (nSPS) is 10.0. The fourth-order valence-corrected chi connectivity index (χ4v) is 3.04. The van der Waals surface area contributed by atoms with E-state index in [1.807, 2.05) is 26.0 Å². The number of aryl methyl sites for hydroxylation is 2. The summed E-state index contributed by atoms with van der Waals surface area (Å²) in [6, 6.07) is 10.4. The number of halogens is 1. The van der Waals surface area contributed by atoms with Gasteiger partial charge in [-0.1, -0.05) is 28.6 Å². The van der Waals surface area contributed by atoms with E-state index in [0.29, 0.717) is 23.7 Å². The van der Waals surface area contributed by atoms with Crippen molar-refractivity contribution >= 4 is 27.7 Å². The topological polar surface area (TPSA) is 76.7 Å². The molecule has 0 aromatic heterocycles. The van der Waals surface area contributed by atoms with Crippen LogP contribution in [0.5, 0.6) is 11.5 Å². The molecule has 27 heavy (non-hydrogen) atoms. The minimum absolute atomic E-state index is 0.210. The lowest BCUT2D eigenvalue weighted by Gasteiger charge is -2.13. The quantitative estimate of drug-likeness (QED) is 0.518. The highest BCUT2D eigenvalue weighted by Gasteiger charge is 2.11. The van der Waals surface area contributed by atoms with Gasteiger partial charge in [-0.15, -0.1) is 0 Å². The third-order valence-electron chi connectivity index (χ3n) is 3.57. The van der Waals surface area contributed by atoms with Gasteiger partial charge in [-0.3, -0.25) is 20.4 Å². The van der Waals surface area contributed by atoms with Crippen LogP contribution in [-0.2, 0) is 4.79 Å². The van der Waals surface area contributed by atoms with Gasteiger partial charge >= 0.3 is 0 Å². The minimum atomic E-state index is -0.462. The lowest BCUT2D eigenvalue weighted by molar-refractivity contribution is -0.123. The van der Waals surface area contributed by atoms with E-state index in [2.05, 4.69) is 33.4 Å². The lowest BCUT2D eigenvalue weighted by atomic mass is 10.1. The van der Waals surface area contributed by atoms with Crippen molar-refractivity contribution < 1.29 is 19.1 Å². The molecule has 0 fully saturated rings. The van der Waals surface area contributed by atoms with Crippen LogP contribution in [0.25, 0.3) is 0 Å². The van der Waals surface area contributed by atoms with Crippen molar-refractivity contribution in [3.63, 3.8) is 0 Å². The molecule has 0 atom stereocenters. The van der Waals surface area contributed by atoms with Crippen LogP contribution in [0.4, 0.5) is 0 Å². The van der Waals surface area contributed by atoms with Crippen LogP contribution in [0, 0.1) is 13.8 Å². The van der Waals surface area contributed by atoms with Crippen LogP contribution in [0.3, 0.4) is 0 Å². The lowest BCUT2D eigenvalue weighted by Crippen LogP contribution is -2.43. The predicted molar refractivity (Wildman–Crippen MR) is 107 cm³/mol. The number of nitrogens with one attached hydrogen (secondary N) is 2. The first-order valence-corrected chi connectivity index (χ1v) is 9.02. The van der Waals surface area contributed by atoms with Gasteiger partial charge in [0.25, 0.3) is 11.8 Å². The summed E-state index contributed by atoms with van der Waals surface area (Å²) in [5.41, 5.74) is 6.91. The second-order valence-corrected chi connectivity index (χ2v) is 6.70. The van der Waals surface area contributed by atoms with Gasteiger partial charge in [0.2, 0.25) is 0 Å². The molecule has 6 nitrogen and oxygen atoms in total. The summed E-state index contributed by atoms with van der Waals surface area (Å²) in [5, 5.41) is 0. The number of carbonyl (C=O) groups is 2. The molecule has 2 amide bonds. The Morgan fingerprint density at radius 3 is 2.30 bits per heavy atom. The molecule has 2 aromatic carbocycles. The molecule has 7 heteroatoms. The molecule has 0 heterocycles. The highest BCUT2D eigenvalue weighted by atomic mass is 79.9. The van der Waals surface area contributed by atoms with E-state index >= 15 is 0 Å². The van der Waals surface area contributed by atoms with Gasteiger partial charge in [-0.2, -0.15) is 0 Å². The highest BCUT2D eigenvalue weighted by Crippen LogP contribution is 2.27. The maximum absolute atomic E-state index is 12.1. The highest BCUT2D eigenvalue weighted by molar-refractivity contribution is 9.10. The minimum Gasteiger partial charge on any atom is -0.490 e. The molecular formula is C20H21BrN2O4. The van der Waals surface area contributed by atoms with Gasteiger partial charge in [0, 0.05) is 10.0 Å². The number of ether oxygens (including phenoxy) is 2. The van der Waals surface area contributed by atoms with E-state index in [9.17, 15) is 9.59 Å². The Bertz CT molecular complexity index is 811. The molecule has 2 aromatic rings. The molecule has 0 aliphatic rings. The Kier molecular flexibility index (Phi) is 7.43. The third kappa shape index (κ3) is 6.14. The van der Waals surface area contributed by atoms with Crippen LogP contribution in [-0.4, -0.2) is 25.0 Å². The van der Waals surface area contributed by atoms with Crippen LogP contribution in [0.2, 0.25) is 0 Å². The number of hydrogen-bond donors (Lipinski definition) is 2. The molecule has 0 bridgehead atoms. The Balaban J connectivity index is 1.83. The SMILES string of the molecule is C=CCOc1ccc(C(=O)NNC(=O)COc2c(C)cc(Br)cc2C)cc1. The number of carbonyl (C=O) groups excluding carboxylic acids is 2. The summed E-state index contributed by atoms with van der Waals surface area (Å²) >= 11 is 3.41. The number of amides is 2. The van der Waals surface area contributed by atoms with Gasteiger partial charge in [-0.25, -0.2) is 0 Å². The van der Waals surface area contributed by atoms with Crippen molar-refractivity contribution in [2.75, 3.05) is 13.2 Å². The van der Waals surface area contributed by atoms with E-state index in [-0.39, 0.29) is 6.61 Å². The zero-order valence-corrected chi connectivity index (χ0v) is 16.8. The fraction of sp³-hybridized carbons (Fsp3) is 0.200. The average molecular weight is 433 g/mol. The van der Waals surface area contributed by atoms with E-state index in [0.717, 1.165) is 15.6 Å². The first-order chi connectivity index (χ1) is 12.9. The second-order valence-electron chi connectivity index (χ2n) is 5.78. The maximum Gasteiger partial charge on any atom is 0.276 e. The standard InChI is InChI=1S/C20H21BrN2O4/c1-4-9-26-17-7-5-15(6-8-17)20(25)23-22-18(24)12-27-19-13(2)10-16(21)11-14(19)3/h4-8,10-11H,1,9,12H2,2-3H3,(H,22,24)(H,23,25). The molecule has 0 saturated carbocycles. The van der Waals surface area contributed by atoms with E-state index in [4.69, 9.17) is 9.47 Å². The van der Waals surface area contributed by atoms with Crippen LogP contribution < -0.4 is 20.3 Å². The average Bonchev–Trinajstić information content (AvgIpc) is 2.64. The van der Waals surface area contributed by atoms with Gasteiger partial charge in [0.1, 0.15) is 18.1 Å². The van der Waals surface area contributed by atoms with Crippen molar-refractivity contribution in [3.8, 4) is 11.5 Å². The number of benzene rings is 2. The van der Waals surface area contributed by atoms with Gasteiger partial charge in [0.15, 0.2) is 6.61 Å². The molecule has 0 spiro atoms. The summed E-state index contributed by atoms with van der Waals surface area (Å²) in [6.07, 6.45) is 1.63. The van der Waals surface area contributed by atoms with Crippen LogP contribution in [0.1, 0.15) is 21.5 Å². The fourth-order valence-electron chi connectivity index (χ4n) is 2.36. The smallest absolute Gasteiger partial charge is 0.276 e. The Morgan fingerprint density at radius 1 is 1.07 bits per heavy atom. The Labute approximate surface area is 166 Å². The molecule has 2 rings (SSSR count). The van der Waals surface area contributed by atoms with E-state index < -0.39 is 11.8 Å². The molecule has 0 saturated heterocycles. The molecule has 2 N–H and O–H groups in total. The van der Waals surface area contributed by atoms with E-state index in [1.165, 1.54) is 0 Å². The van der Waals surface area contributed by atoms with Gasteiger partial charge in [-0.05, 0) is 61.4 Å². The van der Waals surface area contributed by atoms with E-state index in [1.54, 1.807) is 30.3 Å². The zero-order chi connectivity index (χ0) is 19.8. The first kappa shape index (κ1) is 20.5. The third-order valence-corrected chi connectivity index (χ3v) is 4.03. The summed E-state index contributed by atoms with van der Waals surface area (Å²) < 4.78 is 11.9. The molecule has 142 valence electrons. The monoisotopic (exact) mass is 432 g/mol. The number of hydrogen-bond acceptors (Lipinski definition) is 4. The van der Waals surface area contributed by atoms with Gasteiger partial charge < -0.3 is 9.47 Å². The Morgan fingerprint density at radius 2 is 1.70 bits per heavy atom. The summed E-state index contributed by atoms with van der Waals surface area (Å²) in [4.78, 5) is 24.0. The largest absolute Gasteiger partial charge is 0.490 e. The zero-order valence-electron chi connectivity index (χ0n) is 15.2. The molecule has 0 aliphatic carbocycles. The number of rotatable bonds is 7. The van der Waals surface area contributed by atoms with Crippen molar-refractivity contribution in [2.24, 2.45) is 0 Å². The summed E-state index contributed by atoms with van der Waals surface area (Å²) in [6.45, 7) is 7.54. The second kappa shape index (κ2) is 9.78. The number of hydrazine groups is 1. The maximum atomic E-state index is 12.1.